The molecule has 1 fully saturated rings. The minimum Gasteiger partial charge on any atom is -0.262 e. The van der Waals surface area contributed by atoms with Gasteiger partial charge in [-0.05, 0) is 25.7 Å². The molecule has 0 radical (unpaired) electrons. The molecule has 1 aliphatic rings. The first-order valence-corrected chi connectivity index (χ1v) is 5.85. The molecule has 1 N–H and O–H groups in total. The number of hydrogen-bond donors (Lipinski definition) is 1. The maximum atomic E-state index is 4.27. The molecule has 1 aliphatic carbocycles. The fourth-order valence-electron chi connectivity index (χ4n) is 1.76. The van der Waals surface area contributed by atoms with Gasteiger partial charge in [0, 0.05) is 5.75 Å². The van der Waals surface area contributed by atoms with Crippen LogP contribution in [0.3, 0.4) is 0 Å². The number of rotatable bonds is 3. The first-order chi connectivity index (χ1) is 6.34. The van der Waals surface area contributed by atoms with Crippen LogP contribution in [-0.4, -0.2) is 20.9 Å². The zero-order chi connectivity index (χ0) is 9.10. The van der Waals surface area contributed by atoms with Gasteiger partial charge in [0.15, 0.2) is 0 Å². The number of aryl methyl sites for hydroxylation is 1. The maximum Gasteiger partial charge on any atom is 0.208 e. The van der Waals surface area contributed by atoms with Gasteiger partial charge in [-0.3, -0.25) is 5.10 Å². The highest BCUT2D eigenvalue weighted by molar-refractivity contribution is 7.99. The van der Waals surface area contributed by atoms with Gasteiger partial charge in [-0.1, -0.05) is 24.6 Å². The molecule has 0 unspecified atom stereocenters. The molecular formula is C9H15N3S. The third-order valence-electron chi connectivity index (χ3n) is 2.50. The highest BCUT2D eigenvalue weighted by Gasteiger charge is 2.15. The molecule has 1 saturated carbocycles. The summed E-state index contributed by atoms with van der Waals surface area (Å²) in [6, 6.07) is 0. The van der Waals surface area contributed by atoms with Crippen LogP contribution in [0.15, 0.2) is 5.16 Å². The van der Waals surface area contributed by atoms with Crippen LogP contribution in [0.1, 0.15) is 31.5 Å². The van der Waals surface area contributed by atoms with E-state index in [9.17, 15) is 0 Å². The summed E-state index contributed by atoms with van der Waals surface area (Å²) in [5, 5.41) is 7.87. The van der Waals surface area contributed by atoms with Crippen LogP contribution in [0.25, 0.3) is 0 Å². The average molecular weight is 197 g/mol. The van der Waals surface area contributed by atoms with E-state index < -0.39 is 0 Å². The Morgan fingerprint density at radius 2 is 2.23 bits per heavy atom. The first kappa shape index (κ1) is 9.06. The summed E-state index contributed by atoms with van der Waals surface area (Å²) in [6.07, 6.45) is 5.63. The highest BCUT2D eigenvalue weighted by atomic mass is 32.2. The Labute approximate surface area is 82.7 Å². The van der Waals surface area contributed by atoms with Crippen molar-refractivity contribution in [3.8, 4) is 0 Å². The highest BCUT2D eigenvalue weighted by Crippen LogP contribution is 2.29. The van der Waals surface area contributed by atoms with Crippen molar-refractivity contribution >= 4 is 11.8 Å². The van der Waals surface area contributed by atoms with Gasteiger partial charge in [0.1, 0.15) is 5.82 Å². The normalized spacial score (nSPS) is 18.2. The van der Waals surface area contributed by atoms with Gasteiger partial charge in [0.25, 0.3) is 0 Å². The fourth-order valence-corrected chi connectivity index (χ4v) is 2.79. The van der Waals surface area contributed by atoms with Crippen molar-refractivity contribution in [3.63, 3.8) is 0 Å². The monoisotopic (exact) mass is 197 g/mol. The van der Waals surface area contributed by atoms with Crippen molar-refractivity contribution in [2.75, 3.05) is 5.75 Å². The standard InChI is InChI=1S/C9H15N3S/c1-7-10-9(12-11-7)13-6-8-4-2-3-5-8/h8H,2-6H2,1H3,(H,10,11,12). The molecular weight excluding hydrogens is 182 g/mol. The summed E-state index contributed by atoms with van der Waals surface area (Å²) in [5.74, 6) is 3.01. The lowest BCUT2D eigenvalue weighted by molar-refractivity contribution is 0.622. The third-order valence-corrected chi connectivity index (χ3v) is 3.58. The van der Waals surface area contributed by atoms with Crippen LogP contribution in [0, 0.1) is 12.8 Å². The van der Waals surface area contributed by atoms with E-state index in [1.165, 1.54) is 31.4 Å². The zero-order valence-electron chi connectivity index (χ0n) is 7.92. The van der Waals surface area contributed by atoms with E-state index in [0.717, 1.165) is 16.9 Å². The van der Waals surface area contributed by atoms with Crippen molar-refractivity contribution in [1.29, 1.82) is 0 Å². The van der Waals surface area contributed by atoms with Crippen LogP contribution >= 0.6 is 11.8 Å². The summed E-state index contributed by atoms with van der Waals surface area (Å²) in [6.45, 7) is 1.94. The van der Waals surface area contributed by atoms with Crippen LogP contribution in [0.4, 0.5) is 0 Å². The number of nitrogens with one attached hydrogen (secondary N) is 1. The summed E-state index contributed by atoms with van der Waals surface area (Å²) in [4.78, 5) is 4.27. The average Bonchev–Trinajstić information content (AvgIpc) is 2.71. The molecule has 1 aromatic rings. The lowest BCUT2D eigenvalue weighted by atomic mass is 10.1. The Hall–Kier alpha value is -0.510. The third kappa shape index (κ3) is 2.46. The van der Waals surface area contributed by atoms with E-state index in [2.05, 4.69) is 15.2 Å². The van der Waals surface area contributed by atoms with Gasteiger partial charge in [-0.15, -0.1) is 5.10 Å². The van der Waals surface area contributed by atoms with E-state index >= 15 is 0 Å². The number of aromatic amines is 1. The summed E-state index contributed by atoms with van der Waals surface area (Å²) in [7, 11) is 0. The van der Waals surface area contributed by atoms with Crippen molar-refractivity contribution in [3.05, 3.63) is 5.82 Å². The smallest absolute Gasteiger partial charge is 0.208 e. The number of nitrogens with zero attached hydrogens (tertiary/aromatic N) is 2. The van der Waals surface area contributed by atoms with Crippen LogP contribution in [-0.2, 0) is 0 Å². The van der Waals surface area contributed by atoms with Gasteiger partial charge in [0.2, 0.25) is 5.16 Å². The van der Waals surface area contributed by atoms with Crippen LogP contribution in [0.2, 0.25) is 0 Å². The molecule has 1 aromatic heterocycles. The lowest BCUT2D eigenvalue weighted by Gasteiger charge is -2.04. The predicted molar refractivity (Wildman–Crippen MR) is 53.8 cm³/mol. The molecule has 4 heteroatoms. The Morgan fingerprint density at radius 1 is 1.46 bits per heavy atom. The Kier molecular flexibility index (Phi) is 2.88. The fraction of sp³-hybridized carbons (Fsp3) is 0.778. The van der Waals surface area contributed by atoms with Gasteiger partial charge in [0.05, 0.1) is 0 Å². The van der Waals surface area contributed by atoms with Gasteiger partial charge in [-0.2, -0.15) is 0 Å². The molecule has 1 heterocycles. The SMILES string of the molecule is Cc1nc(SCC2CCCC2)n[nH]1. The summed E-state index contributed by atoms with van der Waals surface area (Å²) < 4.78 is 0. The van der Waals surface area contributed by atoms with E-state index in [1.54, 1.807) is 11.8 Å². The number of aromatic nitrogens is 3. The quantitative estimate of drug-likeness (QED) is 0.756. The summed E-state index contributed by atoms with van der Waals surface area (Å²) in [5.41, 5.74) is 0. The molecule has 0 aromatic carbocycles. The predicted octanol–water partition coefficient (Wildman–Crippen LogP) is 2.40. The van der Waals surface area contributed by atoms with E-state index in [0.29, 0.717) is 0 Å². The minimum atomic E-state index is 0.906. The molecule has 72 valence electrons. The van der Waals surface area contributed by atoms with Crippen molar-refractivity contribution in [2.45, 2.75) is 37.8 Å². The molecule has 0 saturated heterocycles. The van der Waals surface area contributed by atoms with Gasteiger partial charge < -0.3 is 0 Å². The van der Waals surface area contributed by atoms with Crippen molar-refractivity contribution in [1.82, 2.24) is 15.2 Å². The lowest BCUT2D eigenvalue weighted by Crippen LogP contribution is -1.96. The maximum absolute atomic E-state index is 4.27. The number of H-pyrrole nitrogens is 1. The van der Waals surface area contributed by atoms with E-state index in [-0.39, 0.29) is 0 Å². The molecule has 0 amide bonds. The molecule has 0 spiro atoms. The molecule has 3 nitrogen and oxygen atoms in total. The van der Waals surface area contributed by atoms with Gasteiger partial charge >= 0.3 is 0 Å². The largest absolute Gasteiger partial charge is 0.262 e. The van der Waals surface area contributed by atoms with Crippen molar-refractivity contribution < 1.29 is 0 Å². The van der Waals surface area contributed by atoms with E-state index in [1.807, 2.05) is 6.92 Å². The first-order valence-electron chi connectivity index (χ1n) is 4.86. The van der Waals surface area contributed by atoms with E-state index in [4.69, 9.17) is 0 Å². The zero-order valence-corrected chi connectivity index (χ0v) is 8.73. The van der Waals surface area contributed by atoms with Crippen LogP contribution in [0.5, 0.6) is 0 Å². The topological polar surface area (TPSA) is 41.6 Å². The van der Waals surface area contributed by atoms with Gasteiger partial charge in [-0.25, -0.2) is 4.98 Å². The number of thioether (sulfide) groups is 1. The Balaban J connectivity index is 1.78. The Bertz CT molecular complexity index is 266. The molecule has 2 rings (SSSR count). The second kappa shape index (κ2) is 4.13. The molecule has 13 heavy (non-hydrogen) atoms. The second-order valence-electron chi connectivity index (χ2n) is 3.66. The molecule has 0 atom stereocenters. The molecule has 0 aliphatic heterocycles. The van der Waals surface area contributed by atoms with Crippen LogP contribution < -0.4 is 0 Å². The van der Waals surface area contributed by atoms with Crippen molar-refractivity contribution in [2.24, 2.45) is 5.92 Å². The summed E-state index contributed by atoms with van der Waals surface area (Å²) >= 11 is 1.79. The molecule has 0 bridgehead atoms. The Morgan fingerprint density at radius 3 is 2.85 bits per heavy atom. The number of hydrogen-bond acceptors (Lipinski definition) is 3. The second-order valence-corrected chi connectivity index (χ2v) is 4.65. The minimum absolute atomic E-state index is 0.906.